The number of amides is 2. The lowest BCUT2D eigenvalue weighted by Crippen LogP contribution is -2.25. The zero-order valence-electron chi connectivity index (χ0n) is 10.9. The summed E-state index contributed by atoms with van der Waals surface area (Å²) in [5, 5.41) is 1.47. The van der Waals surface area contributed by atoms with E-state index >= 15 is 0 Å². The van der Waals surface area contributed by atoms with E-state index in [-0.39, 0.29) is 11.1 Å². The van der Waals surface area contributed by atoms with Crippen LogP contribution in [-0.2, 0) is 0 Å². The maximum atomic E-state index is 14.2. The number of nitrogens with zero attached hydrogens (tertiary/aromatic N) is 1. The van der Waals surface area contributed by atoms with E-state index in [1.807, 2.05) is 5.32 Å². The molecule has 0 saturated carbocycles. The van der Waals surface area contributed by atoms with Crippen LogP contribution < -0.4 is 16.6 Å². The first-order valence-corrected chi connectivity index (χ1v) is 7.15. The zero-order chi connectivity index (χ0) is 17.0. The lowest BCUT2D eigenvalue weighted by atomic mass is 10.1. The van der Waals surface area contributed by atoms with E-state index in [2.05, 4.69) is 15.9 Å². The molecule has 1 aromatic carbocycles. The van der Waals surface area contributed by atoms with Crippen molar-refractivity contribution < 1.29 is 18.4 Å². The summed E-state index contributed by atoms with van der Waals surface area (Å²) in [4.78, 5) is 35.5. The third-order valence-electron chi connectivity index (χ3n) is 3.27. The fourth-order valence-corrected chi connectivity index (χ4v) is 3.16. The fraction of sp³-hybridized carbons (Fsp3) is 0. The SMILES string of the molecule is Nc1c2c(cc(=O)n1-c1c(F)cc(Cl)c(F)c1Br)C(=O)NC2=O. The van der Waals surface area contributed by atoms with Gasteiger partial charge >= 0.3 is 0 Å². The molecule has 0 atom stereocenters. The summed E-state index contributed by atoms with van der Waals surface area (Å²) in [5.41, 5.74) is 3.79. The van der Waals surface area contributed by atoms with Gasteiger partial charge in [0.25, 0.3) is 17.4 Å². The maximum absolute atomic E-state index is 14.2. The Morgan fingerprint density at radius 1 is 1.17 bits per heavy atom. The van der Waals surface area contributed by atoms with E-state index in [1.54, 1.807) is 0 Å². The molecule has 23 heavy (non-hydrogen) atoms. The van der Waals surface area contributed by atoms with E-state index in [1.165, 1.54) is 0 Å². The number of nitrogens with two attached hydrogens (primary N) is 1. The number of hydrogen-bond donors (Lipinski definition) is 2. The van der Waals surface area contributed by atoms with Crippen LogP contribution >= 0.6 is 27.5 Å². The van der Waals surface area contributed by atoms with Gasteiger partial charge in [-0.3, -0.25) is 24.3 Å². The summed E-state index contributed by atoms with van der Waals surface area (Å²) in [5.74, 6) is -4.15. The van der Waals surface area contributed by atoms with E-state index in [9.17, 15) is 23.2 Å². The number of halogens is 4. The van der Waals surface area contributed by atoms with Gasteiger partial charge in [-0.15, -0.1) is 0 Å². The Morgan fingerprint density at radius 2 is 1.83 bits per heavy atom. The first-order chi connectivity index (χ1) is 10.7. The number of fused-ring (bicyclic) bond motifs is 1. The summed E-state index contributed by atoms with van der Waals surface area (Å²) in [6, 6.07) is 1.49. The van der Waals surface area contributed by atoms with E-state index in [4.69, 9.17) is 17.3 Å². The number of benzene rings is 1. The molecule has 6 nitrogen and oxygen atoms in total. The van der Waals surface area contributed by atoms with Gasteiger partial charge in [-0.1, -0.05) is 11.6 Å². The second-order valence-corrected chi connectivity index (χ2v) is 5.79. The number of aromatic nitrogens is 1. The molecule has 0 bridgehead atoms. The minimum atomic E-state index is -1.04. The number of imide groups is 1. The lowest BCUT2D eigenvalue weighted by Gasteiger charge is -2.15. The average molecular weight is 405 g/mol. The quantitative estimate of drug-likeness (QED) is 0.432. The van der Waals surface area contributed by atoms with Gasteiger partial charge in [0.1, 0.15) is 17.3 Å². The van der Waals surface area contributed by atoms with Crippen molar-refractivity contribution >= 4 is 45.2 Å². The molecular formula is C13H5BrClF2N3O3. The van der Waals surface area contributed by atoms with Gasteiger partial charge in [-0.05, 0) is 22.0 Å². The maximum Gasteiger partial charge on any atom is 0.262 e. The van der Waals surface area contributed by atoms with Crippen molar-refractivity contribution in [3.8, 4) is 5.69 Å². The lowest BCUT2D eigenvalue weighted by molar-refractivity contribution is 0.0880. The van der Waals surface area contributed by atoms with Crippen molar-refractivity contribution in [2.24, 2.45) is 0 Å². The fourth-order valence-electron chi connectivity index (χ4n) is 2.27. The molecule has 2 amide bonds. The van der Waals surface area contributed by atoms with Gasteiger partial charge in [0, 0.05) is 6.07 Å². The zero-order valence-corrected chi connectivity index (χ0v) is 13.3. The molecule has 0 spiro atoms. The first kappa shape index (κ1) is 15.6. The Kier molecular flexibility index (Phi) is 3.49. The number of pyridine rings is 1. The molecular weight excluding hydrogens is 400 g/mol. The summed E-state index contributed by atoms with van der Waals surface area (Å²) >= 11 is 8.33. The molecule has 2 heterocycles. The monoisotopic (exact) mass is 403 g/mol. The average Bonchev–Trinajstić information content (AvgIpc) is 2.74. The molecule has 1 aliphatic rings. The van der Waals surface area contributed by atoms with Crippen molar-refractivity contribution in [1.82, 2.24) is 9.88 Å². The van der Waals surface area contributed by atoms with Crippen LogP contribution in [0, 0.1) is 11.6 Å². The highest BCUT2D eigenvalue weighted by atomic mass is 79.9. The molecule has 1 aromatic heterocycles. The van der Waals surface area contributed by atoms with Crippen LogP contribution in [0.2, 0.25) is 5.02 Å². The smallest absolute Gasteiger partial charge is 0.262 e. The van der Waals surface area contributed by atoms with E-state index in [0.29, 0.717) is 10.6 Å². The van der Waals surface area contributed by atoms with E-state index in [0.717, 1.165) is 6.07 Å². The van der Waals surface area contributed by atoms with Crippen LogP contribution in [0.1, 0.15) is 20.7 Å². The minimum absolute atomic E-state index is 0.222. The predicted molar refractivity (Wildman–Crippen MR) is 80.9 cm³/mol. The number of nitrogens with one attached hydrogen (secondary N) is 1. The van der Waals surface area contributed by atoms with Gasteiger partial charge in [-0.25, -0.2) is 8.78 Å². The van der Waals surface area contributed by atoms with E-state index < -0.39 is 50.0 Å². The normalized spacial score (nSPS) is 13.2. The molecule has 0 fully saturated rings. The van der Waals surface area contributed by atoms with Crippen molar-refractivity contribution in [1.29, 1.82) is 0 Å². The number of rotatable bonds is 1. The molecule has 10 heteroatoms. The van der Waals surface area contributed by atoms with Gasteiger partial charge in [-0.2, -0.15) is 0 Å². The largest absolute Gasteiger partial charge is 0.384 e. The third kappa shape index (κ3) is 2.15. The highest BCUT2D eigenvalue weighted by molar-refractivity contribution is 9.10. The van der Waals surface area contributed by atoms with Crippen LogP contribution in [0.4, 0.5) is 14.6 Å². The Labute approximate surface area is 140 Å². The third-order valence-corrected chi connectivity index (χ3v) is 4.27. The topological polar surface area (TPSA) is 94.2 Å². The Bertz CT molecular complexity index is 974. The van der Waals surface area contributed by atoms with Crippen LogP contribution in [0.5, 0.6) is 0 Å². The summed E-state index contributed by atoms with van der Waals surface area (Å²) in [6.07, 6.45) is 0. The van der Waals surface area contributed by atoms with Gasteiger partial charge in [0.2, 0.25) is 0 Å². The molecule has 2 aromatic rings. The number of carbonyl (C=O) groups excluding carboxylic acids is 2. The molecule has 0 radical (unpaired) electrons. The van der Waals surface area contributed by atoms with Crippen molar-refractivity contribution in [3.63, 3.8) is 0 Å². The highest BCUT2D eigenvalue weighted by Gasteiger charge is 2.33. The molecule has 3 rings (SSSR count). The van der Waals surface area contributed by atoms with Crippen molar-refractivity contribution in [2.45, 2.75) is 0 Å². The predicted octanol–water partition coefficient (Wildman–Crippen LogP) is 2.00. The molecule has 3 N–H and O–H groups in total. The summed E-state index contributed by atoms with van der Waals surface area (Å²) in [7, 11) is 0. The Balaban J connectivity index is 2.43. The van der Waals surface area contributed by atoms with Crippen molar-refractivity contribution in [2.75, 3.05) is 5.73 Å². The van der Waals surface area contributed by atoms with Gasteiger partial charge < -0.3 is 5.73 Å². The molecule has 0 aliphatic carbocycles. The molecule has 1 aliphatic heterocycles. The second-order valence-electron chi connectivity index (χ2n) is 4.59. The Hall–Kier alpha value is -2.26. The van der Waals surface area contributed by atoms with Gasteiger partial charge in [0.05, 0.1) is 20.6 Å². The van der Waals surface area contributed by atoms with Gasteiger partial charge in [0.15, 0.2) is 5.82 Å². The number of anilines is 1. The molecule has 0 unspecified atom stereocenters. The van der Waals surface area contributed by atoms with Crippen LogP contribution in [0.25, 0.3) is 5.69 Å². The standard InChI is InChI=1S/C13H5BrClF2N3O3/c14-8-9(17)4(15)2-5(16)10(8)20-6(21)1-3-7(11(20)18)13(23)19-12(3)22/h1-2H,18H2,(H,19,22,23). The van der Waals surface area contributed by atoms with Crippen LogP contribution in [0.3, 0.4) is 0 Å². The second kappa shape index (κ2) is 5.14. The minimum Gasteiger partial charge on any atom is -0.384 e. The number of nitrogen functional groups attached to an aromatic ring is 1. The molecule has 118 valence electrons. The summed E-state index contributed by atoms with van der Waals surface area (Å²) in [6.45, 7) is 0. The number of carbonyl (C=O) groups is 2. The highest BCUT2D eigenvalue weighted by Crippen LogP contribution is 2.33. The van der Waals surface area contributed by atoms with Crippen LogP contribution in [0.15, 0.2) is 21.4 Å². The number of hydrogen-bond acceptors (Lipinski definition) is 4. The molecule has 0 saturated heterocycles. The Morgan fingerprint density at radius 3 is 2.48 bits per heavy atom. The van der Waals surface area contributed by atoms with Crippen molar-refractivity contribution in [3.05, 3.63) is 54.7 Å². The first-order valence-electron chi connectivity index (χ1n) is 5.98. The van der Waals surface area contributed by atoms with Crippen LogP contribution in [-0.4, -0.2) is 16.4 Å². The summed E-state index contributed by atoms with van der Waals surface area (Å²) < 4.78 is 28.2.